The summed E-state index contributed by atoms with van der Waals surface area (Å²) in [5.41, 5.74) is 1.49. The van der Waals surface area contributed by atoms with Gasteiger partial charge in [-0.25, -0.2) is 0 Å². The fourth-order valence-electron chi connectivity index (χ4n) is 2.51. The second kappa shape index (κ2) is 9.44. The lowest BCUT2D eigenvalue weighted by Gasteiger charge is -2.02. The number of aliphatic imine (C=N–C) groups is 1. The van der Waals surface area contributed by atoms with E-state index < -0.39 is 0 Å². The first-order valence-electron chi connectivity index (χ1n) is 7.49. The van der Waals surface area contributed by atoms with E-state index in [0.29, 0.717) is 6.04 Å². The number of hydrogen-bond donors (Lipinski definition) is 0. The highest BCUT2D eigenvalue weighted by Gasteiger charge is 2.11. The van der Waals surface area contributed by atoms with Crippen molar-refractivity contribution < 1.29 is 0 Å². The Labute approximate surface area is 107 Å². The molecule has 0 saturated heterocycles. The van der Waals surface area contributed by atoms with E-state index in [0.717, 1.165) is 0 Å². The van der Waals surface area contributed by atoms with Crippen LogP contribution in [0.15, 0.2) is 17.6 Å². The average molecular weight is 235 g/mol. The molecular formula is C16H29N. The normalized spacial score (nSPS) is 19.4. The third kappa shape index (κ3) is 7.36. The maximum atomic E-state index is 4.66. The van der Waals surface area contributed by atoms with Crippen LogP contribution in [-0.4, -0.2) is 11.8 Å². The smallest absolute Gasteiger partial charge is 0.0474 e. The van der Waals surface area contributed by atoms with Gasteiger partial charge in [0.15, 0.2) is 0 Å². The van der Waals surface area contributed by atoms with Gasteiger partial charge < -0.3 is 0 Å². The van der Waals surface area contributed by atoms with Crippen LogP contribution in [0.3, 0.4) is 0 Å². The summed E-state index contributed by atoms with van der Waals surface area (Å²) >= 11 is 0. The monoisotopic (exact) mass is 235 g/mol. The van der Waals surface area contributed by atoms with Crippen LogP contribution in [-0.2, 0) is 0 Å². The minimum absolute atomic E-state index is 0.606. The standard InChI is InChI=1S/C16H29N/c1-3-4-5-6-7-8-9-10-11-12-16-14-13-15(2)17-16/h3,15H,1,4-14H2,2H3. The summed E-state index contributed by atoms with van der Waals surface area (Å²) in [4.78, 5) is 4.66. The van der Waals surface area contributed by atoms with Crippen LogP contribution < -0.4 is 0 Å². The molecule has 0 saturated carbocycles. The molecule has 0 fully saturated rings. The number of allylic oxidation sites excluding steroid dienone is 1. The quantitative estimate of drug-likeness (QED) is 0.359. The molecule has 1 aliphatic heterocycles. The number of nitrogens with zero attached hydrogens (tertiary/aromatic N) is 1. The van der Waals surface area contributed by atoms with Gasteiger partial charge in [0.1, 0.15) is 0 Å². The summed E-state index contributed by atoms with van der Waals surface area (Å²) in [5.74, 6) is 0. The van der Waals surface area contributed by atoms with Crippen LogP contribution >= 0.6 is 0 Å². The van der Waals surface area contributed by atoms with Crippen LogP contribution in [0, 0.1) is 0 Å². The zero-order valence-electron chi connectivity index (χ0n) is 11.6. The van der Waals surface area contributed by atoms with Gasteiger partial charge in [0.05, 0.1) is 0 Å². The minimum Gasteiger partial charge on any atom is -0.291 e. The molecule has 0 aromatic heterocycles. The Balaban J connectivity index is 1.81. The Morgan fingerprint density at radius 2 is 1.76 bits per heavy atom. The molecule has 1 rings (SSSR count). The molecule has 1 heteroatoms. The van der Waals surface area contributed by atoms with Gasteiger partial charge in [-0.15, -0.1) is 6.58 Å². The zero-order valence-corrected chi connectivity index (χ0v) is 11.6. The Bertz CT molecular complexity index is 230. The van der Waals surface area contributed by atoms with Gasteiger partial charge in [0.25, 0.3) is 0 Å². The molecule has 0 aromatic carbocycles. The SMILES string of the molecule is C=CCCCCCCCCCC1=NC(C)CC1. The highest BCUT2D eigenvalue weighted by Crippen LogP contribution is 2.17. The summed E-state index contributed by atoms with van der Waals surface area (Å²) in [5, 5.41) is 0. The Morgan fingerprint density at radius 1 is 1.12 bits per heavy atom. The molecule has 1 aliphatic rings. The topological polar surface area (TPSA) is 12.4 Å². The summed E-state index contributed by atoms with van der Waals surface area (Å²) in [6.07, 6.45) is 16.8. The van der Waals surface area contributed by atoms with E-state index in [1.165, 1.54) is 76.3 Å². The molecule has 98 valence electrons. The molecular weight excluding hydrogens is 206 g/mol. The van der Waals surface area contributed by atoms with Crippen molar-refractivity contribution in [2.24, 2.45) is 4.99 Å². The average Bonchev–Trinajstić information content (AvgIpc) is 2.73. The van der Waals surface area contributed by atoms with Gasteiger partial charge in [-0.3, -0.25) is 4.99 Å². The first-order valence-corrected chi connectivity index (χ1v) is 7.49. The Hall–Kier alpha value is -0.590. The lowest BCUT2D eigenvalue weighted by molar-refractivity contribution is 0.586. The van der Waals surface area contributed by atoms with Gasteiger partial charge >= 0.3 is 0 Å². The van der Waals surface area contributed by atoms with Crippen molar-refractivity contribution in [2.75, 3.05) is 0 Å². The van der Waals surface area contributed by atoms with E-state index in [1.54, 1.807) is 0 Å². The summed E-state index contributed by atoms with van der Waals surface area (Å²) in [7, 11) is 0. The number of hydrogen-bond acceptors (Lipinski definition) is 1. The van der Waals surface area contributed by atoms with Crippen LogP contribution in [0.1, 0.15) is 77.6 Å². The first kappa shape index (κ1) is 14.5. The summed E-state index contributed by atoms with van der Waals surface area (Å²) < 4.78 is 0. The zero-order chi connectivity index (χ0) is 12.3. The van der Waals surface area contributed by atoms with E-state index in [-0.39, 0.29) is 0 Å². The van der Waals surface area contributed by atoms with Gasteiger partial charge in [0, 0.05) is 11.8 Å². The van der Waals surface area contributed by atoms with Crippen molar-refractivity contribution in [3.05, 3.63) is 12.7 Å². The largest absolute Gasteiger partial charge is 0.291 e. The predicted octanol–water partition coefficient (Wildman–Crippen LogP) is 5.31. The van der Waals surface area contributed by atoms with Gasteiger partial charge in [-0.05, 0) is 45.4 Å². The van der Waals surface area contributed by atoms with E-state index in [9.17, 15) is 0 Å². The van der Waals surface area contributed by atoms with Gasteiger partial charge in [0.2, 0.25) is 0 Å². The number of unbranched alkanes of at least 4 members (excludes halogenated alkanes) is 7. The molecule has 0 radical (unpaired) electrons. The van der Waals surface area contributed by atoms with Crippen molar-refractivity contribution in [1.29, 1.82) is 0 Å². The van der Waals surface area contributed by atoms with Crippen molar-refractivity contribution in [1.82, 2.24) is 0 Å². The molecule has 0 N–H and O–H groups in total. The molecule has 1 atom stereocenters. The fourth-order valence-corrected chi connectivity index (χ4v) is 2.51. The lowest BCUT2D eigenvalue weighted by atomic mass is 10.0. The second-order valence-corrected chi connectivity index (χ2v) is 5.39. The maximum Gasteiger partial charge on any atom is 0.0474 e. The summed E-state index contributed by atoms with van der Waals surface area (Å²) in [6.45, 7) is 5.98. The summed E-state index contributed by atoms with van der Waals surface area (Å²) in [6, 6.07) is 0.606. The molecule has 1 nitrogen and oxygen atoms in total. The Morgan fingerprint density at radius 3 is 2.35 bits per heavy atom. The van der Waals surface area contributed by atoms with Crippen molar-refractivity contribution in [3.63, 3.8) is 0 Å². The van der Waals surface area contributed by atoms with Crippen molar-refractivity contribution >= 4 is 5.71 Å². The predicted molar refractivity (Wildman–Crippen MR) is 77.9 cm³/mol. The molecule has 1 unspecified atom stereocenters. The maximum absolute atomic E-state index is 4.66. The van der Waals surface area contributed by atoms with E-state index in [4.69, 9.17) is 0 Å². The third-order valence-corrected chi connectivity index (χ3v) is 3.63. The second-order valence-electron chi connectivity index (χ2n) is 5.39. The van der Waals surface area contributed by atoms with Crippen LogP contribution in [0.4, 0.5) is 0 Å². The first-order chi connectivity index (χ1) is 8.33. The fraction of sp³-hybridized carbons (Fsp3) is 0.812. The highest BCUT2D eigenvalue weighted by atomic mass is 14.8. The lowest BCUT2D eigenvalue weighted by Crippen LogP contribution is -1.92. The highest BCUT2D eigenvalue weighted by molar-refractivity contribution is 5.86. The molecule has 0 spiro atoms. The molecule has 0 aliphatic carbocycles. The minimum atomic E-state index is 0.606. The molecule has 0 aromatic rings. The van der Waals surface area contributed by atoms with E-state index in [2.05, 4.69) is 18.5 Å². The van der Waals surface area contributed by atoms with E-state index >= 15 is 0 Å². The molecule has 17 heavy (non-hydrogen) atoms. The van der Waals surface area contributed by atoms with Crippen LogP contribution in [0.5, 0.6) is 0 Å². The van der Waals surface area contributed by atoms with Crippen LogP contribution in [0.2, 0.25) is 0 Å². The van der Waals surface area contributed by atoms with Gasteiger partial charge in [-0.2, -0.15) is 0 Å². The van der Waals surface area contributed by atoms with Gasteiger partial charge in [-0.1, -0.05) is 38.2 Å². The third-order valence-electron chi connectivity index (χ3n) is 3.63. The molecule has 1 heterocycles. The van der Waals surface area contributed by atoms with Crippen LogP contribution in [0.25, 0.3) is 0 Å². The van der Waals surface area contributed by atoms with Crippen molar-refractivity contribution in [2.45, 2.75) is 83.6 Å². The molecule has 0 amide bonds. The number of rotatable bonds is 10. The Kier molecular flexibility index (Phi) is 8.04. The van der Waals surface area contributed by atoms with E-state index in [1.807, 2.05) is 6.08 Å². The van der Waals surface area contributed by atoms with Crippen molar-refractivity contribution in [3.8, 4) is 0 Å². The molecule has 0 bridgehead atoms.